The fourth-order valence-electron chi connectivity index (χ4n) is 1.99. The summed E-state index contributed by atoms with van der Waals surface area (Å²) in [6, 6.07) is 6.25. The second-order valence-electron chi connectivity index (χ2n) is 5.45. The monoisotopic (exact) mass is 294 g/mol. The van der Waals surface area contributed by atoms with Gasteiger partial charge >= 0.3 is 0 Å². The van der Waals surface area contributed by atoms with Gasteiger partial charge in [0.15, 0.2) is 5.17 Å². The van der Waals surface area contributed by atoms with E-state index in [1.165, 1.54) is 17.8 Å². The normalized spacial score (nSPS) is 26.1. The molecule has 1 saturated heterocycles. The number of benzene rings is 1. The van der Waals surface area contributed by atoms with Crippen molar-refractivity contribution in [2.45, 2.75) is 38.5 Å². The maximum atomic E-state index is 13.7. The van der Waals surface area contributed by atoms with Gasteiger partial charge in [0.2, 0.25) is 5.91 Å². The van der Waals surface area contributed by atoms with E-state index in [1.807, 2.05) is 27.7 Å². The minimum atomic E-state index is -0.506. The van der Waals surface area contributed by atoms with Gasteiger partial charge in [0.25, 0.3) is 0 Å². The minimum Gasteiger partial charge on any atom is -0.304 e. The molecule has 1 aromatic rings. The van der Waals surface area contributed by atoms with Gasteiger partial charge in [-0.2, -0.15) is 0 Å². The maximum absolute atomic E-state index is 13.7. The molecular formula is C15H19FN2OS. The molecule has 2 rings (SSSR count). The van der Waals surface area contributed by atoms with Crippen LogP contribution in [0.25, 0.3) is 0 Å². The Bertz CT molecular complexity index is 559. The largest absolute Gasteiger partial charge is 0.304 e. The van der Waals surface area contributed by atoms with Gasteiger partial charge in [0.05, 0.1) is 6.04 Å². The molecule has 0 aliphatic carbocycles. The summed E-state index contributed by atoms with van der Waals surface area (Å²) in [4.78, 5) is 16.5. The Kier molecular flexibility index (Phi) is 4.18. The van der Waals surface area contributed by atoms with Crippen LogP contribution in [0.2, 0.25) is 0 Å². The summed E-state index contributed by atoms with van der Waals surface area (Å²) >= 11 is 1.42. The Labute approximate surface area is 123 Å². The van der Waals surface area contributed by atoms with E-state index in [2.05, 4.69) is 10.3 Å². The first kappa shape index (κ1) is 15.0. The number of thioether (sulfide) groups is 1. The highest BCUT2D eigenvalue weighted by Gasteiger charge is 2.45. The third-order valence-electron chi connectivity index (χ3n) is 3.75. The number of halogens is 1. The van der Waals surface area contributed by atoms with Gasteiger partial charge in [0, 0.05) is 5.56 Å². The summed E-state index contributed by atoms with van der Waals surface area (Å²) in [5, 5.41) is 3.37. The fourth-order valence-corrected chi connectivity index (χ4v) is 3.13. The van der Waals surface area contributed by atoms with Crippen molar-refractivity contribution >= 4 is 22.8 Å². The second-order valence-corrected chi connectivity index (χ2v) is 6.89. The van der Waals surface area contributed by atoms with Crippen LogP contribution in [0.3, 0.4) is 0 Å². The zero-order chi connectivity index (χ0) is 14.9. The number of nitrogens with zero attached hydrogens (tertiary/aromatic N) is 1. The zero-order valence-corrected chi connectivity index (χ0v) is 12.9. The first-order valence-corrected chi connectivity index (χ1v) is 7.49. The summed E-state index contributed by atoms with van der Waals surface area (Å²) in [7, 11) is 0. The van der Waals surface area contributed by atoms with E-state index in [-0.39, 0.29) is 23.7 Å². The number of rotatable bonds is 3. The first-order chi connectivity index (χ1) is 9.34. The van der Waals surface area contributed by atoms with Gasteiger partial charge < -0.3 is 5.32 Å². The number of hydrogen-bond acceptors (Lipinski definition) is 3. The molecule has 108 valence electrons. The molecule has 2 atom stereocenters. The molecule has 0 aromatic heterocycles. The maximum Gasteiger partial charge on any atom is 0.242 e. The molecule has 0 saturated carbocycles. The van der Waals surface area contributed by atoms with Crippen LogP contribution >= 0.6 is 11.8 Å². The number of aliphatic imine (C=N–C) groups is 1. The number of amides is 1. The van der Waals surface area contributed by atoms with Gasteiger partial charge in [0.1, 0.15) is 10.6 Å². The highest BCUT2D eigenvalue weighted by Crippen LogP contribution is 2.38. The van der Waals surface area contributed by atoms with Crippen molar-refractivity contribution in [1.82, 2.24) is 5.32 Å². The molecule has 1 heterocycles. The van der Waals surface area contributed by atoms with Crippen LogP contribution < -0.4 is 5.32 Å². The molecule has 0 bridgehead atoms. The topological polar surface area (TPSA) is 41.5 Å². The lowest BCUT2D eigenvalue weighted by molar-refractivity contribution is -0.122. The van der Waals surface area contributed by atoms with Crippen molar-refractivity contribution < 1.29 is 9.18 Å². The summed E-state index contributed by atoms with van der Waals surface area (Å²) < 4.78 is 13.2. The van der Waals surface area contributed by atoms with E-state index in [0.29, 0.717) is 10.7 Å². The average molecular weight is 294 g/mol. The number of carbonyl (C=O) groups excluding carboxylic acids is 1. The van der Waals surface area contributed by atoms with E-state index < -0.39 is 4.75 Å². The van der Waals surface area contributed by atoms with Crippen LogP contribution in [0.15, 0.2) is 29.3 Å². The van der Waals surface area contributed by atoms with Crippen molar-refractivity contribution in [3.05, 3.63) is 35.6 Å². The lowest BCUT2D eigenvalue weighted by atomic mass is 9.96. The van der Waals surface area contributed by atoms with Gasteiger partial charge in [-0.05, 0) is 25.8 Å². The van der Waals surface area contributed by atoms with Gasteiger partial charge in [-0.1, -0.05) is 43.8 Å². The Morgan fingerprint density at radius 1 is 1.30 bits per heavy atom. The number of amidine groups is 1. The molecule has 1 N–H and O–H groups in total. The SMILES string of the molecule is CC(C)C1(C)SC(=N[C@H](C)c2ccccc2F)NC1=O. The van der Waals surface area contributed by atoms with Gasteiger partial charge in [-0.15, -0.1) is 0 Å². The van der Waals surface area contributed by atoms with Crippen LogP contribution in [0.5, 0.6) is 0 Å². The second kappa shape index (κ2) is 5.56. The quantitative estimate of drug-likeness (QED) is 0.926. The molecular weight excluding hydrogens is 275 g/mol. The third-order valence-corrected chi connectivity index (χ3v) is 5.23. The minimum absolute atomic E-state index is 0.0306. The molecule has 1 unspecified atom stereocenters. The molecule has 1 aromatic carbocycles. The van der Waals surface area contributed by atoms with Crippen molar-refractivity contribution in [3.8, 4) is 0 Å². The molecule has 20 heavy (non-hydrogen) atoms. The van der Waals surface area contributed by atoms with Crippen LogP contribution in [-0.2, 0) is 4.79 Å². The highest BCUT2D eigenvalue weighted by atomic mass is 32.2. The molecule has 3 nitrogen and oxygen atoms in total. The Morgan fingerprint density at radius 3 is 2.50 bits per heavy atom. The van der Waals surface area contributed by atoms with Crippen LogP contribution in [0.1, 0.15) is 39.3 Å². The summed E-state index contributed by atoms with van der Waals surface area (Å²) in [6.07, 6.45) is 0. The van der Waals surface area contributed by atoms with E-state index in [1.54, 1.807) is 18.2 Å². The zero-order valence-electron chi connectivity index (χ0n) is 12.1. The summed E-state index contributed by atoms with van der Waals surface area (Å²) in [6.45, 7) is 7.75. The standard InChI is InChI=1S/C15H19FN2OS/c1-9(2)15(4)13(19)18-14(20-15)17-10(3)11-7-5-6-8-12(11)16/h5-10H,1-4H3,(H,17,18,19)/t10-,15?/m1/s1. The Morgan fingerprint density at radius 2 is 1.95 bits per heavy atom. The predicted molar refractivity (Wildman–Crippen MR) is 81.2 cm³/mol. The van der Waals surface area contributed by atoms with Crippen LogP contribution in [-0.4, -0.2) is 15.8 Å². The lowest BCUT2D eigenvalue weighted by Gasteiger charge is -2.22. The van der Waals surface area contributed by atoms with Crippen molar-refractivity contribution in [1.29, 1.82) is 0 Å². The van der Waals surface area contributed by atoms with E-state index in [9.17, 15) is 9.18 Å². The third kappa shape index (κ3) is 2.73. The summed E-state index contributed by atoms with van der Waals surface area (Å²) in [5.74, 6) is -0.105. The lowest BCUT2D eigenvalue weighted by Crippen LogP contribution is -2.38. The van der Waals surface area contributed by atoms with E-state index in [0.717, 1.165) is 0 Å². The first-order valence-electron chi connectivity index (χ1n) is 6.67. The smallest absolute Gasteiger partial charge is 0.242 e. The van der Waals surface area contributed by atoms with Crippen molar-refractivity contribution in [2.75, 3.05) is 0 Å². The fraction of sp³-hybridized carbons (Fsp3) is 0.467. The van der Waals surface area contributed by atoms with Crippen LogP contribution in [0.4, 0.5) is 4.39 Å². The molecule has 5 heteroatoms. The van der Waals surface area contributed by atoms with Crippen LogP contribution in [0, 0.1) is 11.7 Å². The van der Waals surface area contributed by atoms with E-state index in [4.69, 9.17) is 0 Å². The average Bonchev–Trinajstić information content (AvgIpc) is 2.66. The van der Waals surface area contributed by atoms with Gasteiger partial charge in [-0.25, -0.2) is 4.39 Å². The molecule has 1 aliphatic rings. The summed E-state index contributed by atoms with van der Waals surface area (Å²) in [5.41, 5.74) is 0.535. The molecule has 1 amide bonds. The number of carbonyl (C=O) groups is 1. The van der Waals surface area contributed by atoms with Gasteiger partial charge in [-0.3, -0.25) is 9.79 Å². The van der Waals surface area contributed by atoms with E-state index >= 15 is 0 Å². The Hall–Kier alpha value is -1.36. The number of hydrogen-bond donors (Lipinski definition) is 1. The Balaban J connectivity index is 2.22. The predicted octanol–water partition coefficient (Wildman–Crippen LogP) is 3.52. The number of nitrogens with one attached hydrogen (secondary N) is 1. The molecule has 1 aliphatic heterocycles. The molecule has 1 fully saturated rings. The molecule has 0 spiro atoms. The highest BCUT2D eigenvalue weighted by molar-refractivity contribution is 8.16. The van der Waals surface area contributed by atoms with Crippen molar-refractivity contribution in [3.63, 3.8) is 0 Å². The van der Waals surface area contributed by atoms with Crippen molar-refractivity contribution in [2.24, 2.45) is 10.9 Å². The molecule has 0 radical (unpaired) electrons.